The fraction of sp³-hybridized carbons (Fsp3) is 0.778. The van der Waals surface area contributed by atoms with Crippen molar-refractivity contribution in [1.29, 1.82) is 0 Å². The van der Waals surface area contributed by atoms with Gasteiger partial charge in [-0.3, -0.25) is 0 Å². The molecule has 0 amide bonds. The van der Waals surface area contributed by atoms with Crippen LogP contribution in [0.2, 0.25) is 0 Å². The third-order valence-electron chi connectivity index (χ3n) is 2.81. The second-order valence-electron chi connectivity index (χ2n) is 3.60. The van der Waals surface area contributed by atoms with Crippen molar-refractivity contribution in [2.45, 2.75) is 30.3 Å². The maximum atomic E-state index is 9.69. The van der Waals surface area contributed by atoms with E-state index in [1.54, 1.807) is 6.08 Å². The third kappa shape index (κ3) is 1.14. The molecule has 2 aliphatic rings. The van der Waals surface area contributed by atoms with E-state index >= 15 is 0 Å². The van der Waals surface area contributed by atoms with Crippen LogP contribution < -0.4 is 0 Å². The lowest BCUT2D eigenvalue weighted by Crippen LogP contribution is -2.46. The minimum absolute atomic E-state index is 0.232. The summed E-state index contributed by atoms with van der Waals surface area (Å²) in [4.78, 5) is 0. The second kappa shape index (κ2) is 3.06. The van der Waals surface area contributed by atoms with Gasteiger partial charge in [0.05, 0.1) is 13.2 Å². The molecule has 0 saturated carbocycles. The van der Waals surface area contributed by atoms with E-state index in [-0.39, 0.29) is 13.2 Å². The molecule has 0 bridgehead atoms. The summed E-state index contributed by atoms with van der Waals surface area (Å²) >= 11 is 0. The molecule has 13 heavy (non-hydrogen) atoms. The minimum Gasteiger partial charge on any atom is -0.388 e. The Morgan fingerprint density at radius 1 is 1.46 bits per heavy atom. The van der Waals surface area contributed by atoms with Crippen LogP contribution in [0.25, 0.3) is 0 Å². The van der Waals surface area contributed by atoms with Gasteiger partial charge in [-0.25, -0.2) is 0 Å². The predicted molar refractivity (Wildman–Crippen MR) is 45.3 cm³/mol. The number of fused-ring (bicyclic) bond motifs is 1. The molecule has 0 aromatic carbocycles. The van der Waals surface area contributed by atoms with Crippen molar-refractivity contribution in [3.05, 3.63) is 12.7 Å². The van der Waals surface area contributed by atoms with Crippen LogP contribution in [0.5, 0.6) is 0 Å². The highest BCUT2D eigenvalue weighted by Gasteiger charge is 2.58. The van der Waals surface area contributed by atoms with E-state index in [0.717, 1.165) is 0 Å². The standard InChI is InChI=1S/C9H14O4/c1-2-3-9-7(11)5-12-8(9)6(10)4-13-9/h2,6-8,10-11H,1,3-5H2/t6?,7?,8-,9-/m1/s1. The Labute approximate surface area is 76.8 Å². The molecule has 2 aliphatic heterocycles. The quantitative estimate of drug-likeness (QED) is 0.568. The molecule has 0 aromatic rings. The van der Waals surface area contributed by atoms with Gasteiger partial charge in [-0.15, -0.1) is 6.58 Å². The Balaban J connectivity index is 2.24. The molecule has 2 heterocycles. The predicted octanol–water partition coefficient (Wildman–Crippen LogP) is -0.548. The van der Waals surface area contributed by atoms with Crippen molar-refractivity contribution in [3.8, 4) is 0 Å². The zero-order chi connectivity index (χ0) is 9.47. The summed E-state index contributed by atoms with van der Waals surface area (Å²) in [5.41, 5.74) is -0.749. The number of ether oxygens (including phenoxy) is 2. The Bertz CT molecular complexity index is 218. The van der Waals surface area contributed by atoms with Crippen molar-refractivity contribution in [3.63, 3.8) is 0 Å². The average molecular weight is 186 g/mol. The van der Waals surface area contributed by atoms with Gasteiger partial charge in [0.2, 0.25) is 0 Å². The monoisotopic (exact) mass is 186 g/mol. The van der Waals surface area contributed by atoms with Crippen LogP contribution >= 0.6 is 0 Å². The lowest BCUT2D eigenvalue weighted by Gasteiger charge is -2.28. The Morgan fingerprint density at radius 2 is 2.23 bits per heavy atom. The van der Waals surface area contributed by atoms with E-state index in [4.69, 9.17) is 9.47 Å². The highest BCUT2D eigenvalue weighted by Crippen LogP contribution is 2.40. The van der Waals surface area contributed by atoms with Gasteiger partial charge in [-0.2, -0.15) is 0 Å². The van der Waals surface area contributed by atoms with Crippen LogP contribution in [-0.2, 0) is 9.47 Å². The minimum atomic E-state index is -0.749. The molecule has 2 saturated heterocycles. The maximum absolute atomic E-state index is 9.69. The van der Waals surface area contributed by atoms with Crippen LogP contribution in [0.3, 0.4) is 0 Å². The van der Waals surface area contributed by atoms with Gasteiger partial charge in [0, 0.05) is 0 Å². The SMILES string of the molecule is C=CC[C@]12OCC(O)[C@H]1OCC2O. The fourth-order valence-electron chi connectivity index (χ4n) is 2.15. The molecular formula is C9H14O4. The fourth-order valence-corrected chi connectivity index (χ4v) is 2.15. The first-order chi connectivity index (χ1) is 6.20. The van der Waals surface area contributed by atoms with Crippen molar-refractivity contribution in [2.75, 3.05) is 13.2 Å². The molecule has 4 nitrogen and oxygen atoms in total. The van der Waals surface area contributed by atoms with Crippen molar-refractivity contribution in [1.82, 2.24) is 0 Å². The first-order valence-corrected chi connectivity index (χ1v) is 4.43. The summed E-state index contributed by atoms with van der Waals surface area (Å²) in [7, 11) is 0. The summed E-state index contributed by atoms with van der Waals surface area (Å²) in [6.07, 6.45) is 0.504. The summed E-state index contributed by atoms with van der Waals surface area (Å²) in [5.74, 6) is 0. The normalized spacial score (nSPS) is 49.2. The summed E-state index contributed by atoms with van der Waals surface area (Å²) in [6, 6.07) is 0. The van der Waals surface area contributed by atoms with E-state index in [0.29, 0.717) is 6.42 Å². The van der Waals surface area contributed by atoms with Crippen LogP contribution in [0.15, 0.2) is 12.7 Å². The second-order valence-corrected chi connectivity index (χ2v) is 3.60. The molecule has 4 heteroatoms. The van der Waals surface area contributed by atoms with Gasteiger partial charge < -0.3 is 19.7 Å². The summed E-state index contributed by atoms with van der Waals surface area (Å²) < 4.78 is 10.7. The van der Waals surface area contributed by atoms with E-state index in [1.165, 1.54) is 0 Å². The van der Waals surface area contributed by atoms with Crippen LogP contribution in [0, 0.1) is 0 Å². The van der Waals surface area contributed by atoms with Gasteiger partial charge in [0.25, 0.3) is 0 Å². The van der Waals surface area contributed by atoms with Gasteiger partial charge in [-0.05, 0) is 6.42 Å². The van der Waals surface area contributed by atoms with Gasteiger partial charge >= 0.3 is 0 Å². The van der Waals surface area contributed by atoms with Crippen molar-refractivity contribution < 1.29 is 19.7 Å². The lowest BCUT2D eigenvalue weighted by molar-refractivity contribution is -0.0736. The summed E-state index contributed by atoms with van der Waals surface area (Å²) in [6.45, 7) is 4.07. The first kappa shape index (κ1) is 9.15. The molecule has 2 N–H and O–H groups in total. The van der Waals surface area contributed by atoms with E-state index in [9.17, 15) is 10.2 Å². The molecule has 2 unspecified atom stereocenters. The van der Waals surface area contributed by atoms with Gasteiger partial charge in [-0.1, -0.05) is 6.08 Å². The lowest BCUT2D eigenvalue weighted by atomic mass is 9.89. The van der Waals surface area contributed by atoms with Gasteiger partial charge in [0.15, 0.2) is 0 Å². The topological polar surface area (TPSA) is 58.9 Å². The number of aliphatic hydroxyl groups is 2. The van der Waals surface area contributed by atoms with E-state index < -0.39 is 23.9 Å². The number of hydrogen-bond donors (Lipinski definition) is 2. The van der Waals surface area contributed by atoms with Gasteiger partial charge in [0.1, 0.15) is 23.9 Å². The molecule has 0 spiro atoms. The number of rotatable bonds is 2. The molecule has 4 atom stereocenters. The highest BCUT2D eigenvalue weighted by molar-refractivity contribution is 5.09. The van der Waals surface area contributed by atoms with E-state index in [2.05, 4.69) is 6.58 Å². The number of aliphatic hydroxyl groups excluding tert-OH is 2. The van der Waals surface area contributed by atoms with Crippen LogP contribution in [0.1, 0.15) is 6.42 Å². The van der Waals surface area contributed by atoms with Crippen LogP contribution in [0.4, 0.5) is 0 Å². The van der Waals surface area contributed by atoms with Crippen LogP contribution in [-0.4, -0.2) is 47.3 Å². The molecule has 0 aliphatic carbocycles. The Hall–Kier alpha value is -0.420. The molecular weight excluding hydrogens is 172 g/mol. The molecule has 2 rings (SSSR count). The summed E-state index contributed by atoms with van der Waals surface area (Å²) in [5, 5.41) is 19.2. The molecule has 74 valence electrons. The number of hydrogen-bond acceptors (Lipinski definition) is 4. The molecule has 2 fully saturated rings. The van der Waals surface area contributed by atoms with Crippen molar-refractivity contribution >= 4 is 0 Å². The van der Waals surface area contributed by atoms with E-state index in [1.807, 2.05) is 0 Å². The Kier molecular flexibility index (Phi) is 2.15. The molecule has 0 radical (unpaired) electrons. The van der Waals surface area contributed by atoms with Crippen molar-refractivity contribution in [2.24, 2.45) is 0 Å². The first-order valence-electron chi connectivity index (χ1n) is 4.43. The largest absolute Gasteiger partial charge is 0.388 e. The Morgan fingerprint density at radius 3 is 2.92 bits per heavy atom. The third-order valence-corrected chi connectivity index (χ3v) is 2.81. The zero-order valence-electron chi connectivity index (χ0n) is 7.35. The zero-order valence-corrected chi connectivity index (χ0v) is 7.35. The average Bonchev–Trinajstić information content (AvgIpc) is 2.57. The molecule has 0 aromatic heterocycles. The maximum Gasteiger partial charge on any atom is 0.128 e. The smallest absolute Gasteiger partial charge is 0.128 e. The highest BCUT2D eigenvalue weighted by atomic mass is 16.6.